The Balaban J connectivity index is 1.71. The van der Waals surface area contributed by atoms with Crippen molar-refractivity contribution in [2.24, 2.45) is 5.92 Å². The fourth-order valence-electron chi connectivity index (χ4n) is 6.02. The summed E-state index contributed by atoms with van der Waals surface area (Å²) in [5.41, 5.74) is 2.57. The van der Waals surface area contributed by atoms with Gasteiger partial charge >= 0.3 is 12.1 Å². The first-order valence-electron chi connectivity index (χ1n) is 15.3. The molecule has 2 heterocycles. The van der Waals surface area contributed by atoms with Crippen LogP contribution in [0, 0.1) is 24.5 Å². The molecule has 45 heavy (non-hydrogen) atoms. The normalized spacial score (nSPS) is 17.6. The lowest BCUT2D eigenvalue weighted by atomic mass is 9.85. The van der Waals surface area contributed by atoms with Crippen LogP contribution < -0.4 is 4.74 Å². The second-order valence-electron chi connectivity index (χ2n) is 12.7. The van der Waals surface area contributed by atoms with Gasteiger partial charge in [0.25, 0.3) is 0 Å². The molecule has 8 nitrogen and oxygen atoms in total. The highest BCUT2D eigenvalue weighted by Crippen LogP contribution is 2.44. The third-order valence-corrected chi connectivity index (χ3v) is 8.18. The van der Waals surface area contributed by atoms with Crippen LogP contribution >= 0.6 is 0 Å². The Bertz CT molecular complexity index is 1520. The van der Waals surface area contributed by atoms with Gasteiger partial charge < -0.3 is 24.1 Å². The number of hydrogen-bond acceptors (Lipinski definition) is 6. The molecule has 1 aromatic heterocycles. The minimum Gasteiger partial charge on any atom is -0.491 e. The van der Waals surface area contributed by atoms with E-state index in [0.717, 1.165) is 22.2 Å². The molecule has 0 radical (unpaired) electrons. The molecule has 1 N–H and O–H groups in total. The SMILES string of the molecule is COC(=O)[C@H](C)CN1[C@H](c2c(F)ccc(OCCN(CCCF)C(=O)OC(C)(C)C)c2C)c2[nH]c3ccc(F)cc3c2C[C@H]1C. The first-order valence-corrected chi connectivity index (χ1v) is 15.3. The molecule has 0 spiro atoms. The highest BCUT2D eigenvalue weighted by molar-refractivity contribution is 5.85. The van der Waals surface area contributed by atoms with Gasteiger partial charge in [0.15, 0.2) is 0 Å². The van der Waals surface area contributed by atoms with Crippen molar-refractivity contribution < 1.29 is 37.0 Å². The first kappa shape index (κ1) is 34.1. The van der Waals surface area contributed by atoms with Gasteiger partial charge in [-0.05, 0) is 88.9 Å². The van der Waals surface area contributed by atoms with Crippen LogP contribution in [-0.2, 0) is 20.7 Å². The van der Waals surface area contributed by atoms with Crippen LogP contribution in [-0.4, -0.2) is 78.5 Å². The average Bonchev–Trinajstić information content (AvgIpc) is 3.32. The molecule has 0 bridgehead atoms. The smallest absolute Gasteiger partial charge is 0.410 e. The van der Waals surface area contributed by atoms with E-state index in [2.05, 4.69) is 9.88 Å². The average molecular weight is 632 g/mol. The van der Waals surface area contributed by atoms with Crippen LogP contribution in [0.4, 0.5) is 18.0 Å². The molecule has 1 aliphatic heterocycles. The number of alkyl halides is 1. The summed E-state index contributed by atoms with van der Waals surface area (Å²) in [6.45, 7) is 10.9. The third-order valence-electron chi connectivity index (χ3n) is 8.18. The molecule has 3 atom stereocenters. The number of nitrogens with one attached hydrogen (secondary N) is 1. The van der Waals surface area contributed by atoms with Gasteiger partial charge in [-0.25, -0.2) is 13.6 Å². The fourth-order valence-corrected chi connectivity index (χ4v) is 6.02. The van der Waals surface area contributed by atoms with Gasteiger partial charge in [-0.15, -0.1) is 0 Å². The predicted molar refractivity (Wildman–Crippen MR) is 166 cm³/mol. The second kappa shape index (κ2) is 14.1. The van der Waals surface area contributed by atoms with E-state index in [4.69, 9.17) is 14.2 Å². The van der Waals surface area contributed by atoms with Gasteiger partial charge in [-0.3, -0.25) is 14.1 Å². The van der Waals surface area contributed by atoms with E-state index in [1.807, 2.05) is 6.92 Å². The van der Waals surface area contributed by atoms with Crippen molar-refractivity contribution in [1.82, 2.24) is 14.8 Å². The molecule has 3 aromatic rings. The van der Waals surface area contributed by atoms with Crippen molar-refractivity contribution in [3.63, 3.8) is 0 Å². The van der Waals surface area contributed by atoms with Crippen LogP contribution in [0.5, 0.6) is 5.75 Å². The van der Waals surface area contributed by atoms with E-state index in [-0.39, 0.29) is 43.9 Å². The highest BCUT2D eigenvalue weighted by Gasteiger charge is 2.39. The Morgan fingerprint density at radius 1 is 1.16 bits per heavy atom. The van der Waals surface area contributed by atoms with Crippen molar-refractivity contribution in [3.8, 4) is 5.75 Å². The summed E-state index contributed by atoms with van der Waals surface area (Å²) in [4.78, 5) is 32.1. The molecule has 4 rings (SSSR count). The monoisotopic (exact) mass is 631 g/mol. The van der Waals surface area contributed by atoms with E-state index in [9.17, 15) is 18.4 Å². The number of aromatic amines is 1. The number of halogens is 3. The number of rotatable bonds is 11. The Morgan fingerprint density at radius 2 is 1.89 bits per heavy atom. The Labute approximate surface area is 262 Å². The molecule has 11 heteroatoms. The molecular formula is C34H44F3N3O5. The lowest BCUT2D eigenvalue weighted by Crippen LogP contribution is -2.46. The molecule has 0 aliphatic carbocycles. The fraction of sp³-hybridized carbons (Fsp3) is 0.529. The molecular weight excluding hydrogens is 587 g/mol. The lowest BCUT2D eigenvalue weighted by molar-refractivity contribution is -0.145. The van der Waals surface area contributed by atoms with Crippen LogP contribution in [0.15, 0.2) is 30.3 Å². The third kappa shape index (κ3) is 7.74. The predicted octanol–water partition coefficient (Wildman–Crippen LogP) is 6.88. The van der Waals surface area contributed by atoms with Crippen molar-refractivity contribution in [1.29, 1.82) is 0 Å². The molecule has 2 aromatic carbocycles. The van der Waals surface area contributed by atoms with Gasteiger partial charge in [0.1, 0.15) is 29.6 Å². The number of methoxy groups -OCH3 is 1. The van der Waals surface area contributed by atoms with Gasteiger partial charge in [0.2, 0.25) is 0 Å². The van der Waals surface area contributed by atoms with Crippen molar-refractivity contribution in [2.75, 3.05) is 40.0 Å². The van der Waals surface area contributed by atoms with Gasteiger partial charge in [0, 0.05) is 41.3 Å². The van der Waals surface area contributed by atoms with Crippen molar-refractivity contribution in [3.05, 3.63) is 64.4 Å². The summed E-state index contributed by atoms with van der Waals surface area (Å²) < 4.78 is 59.9. The first-order chi connectivity index (χ1) is 21.2. The summed E-state index contributed by atoms with van der Waals surface area (Å²) in [6, 6.07) is 6.67. The van der Waals surface area contributed by atoms with E-state index >= 15 is 4.39 Å². The molecule has 0 saturated carbocycles. The molecule has 1 aliphatic rings. The molecule has 0 saturated heterocycles. The van der Waals surface area contributed by atoms with Crippen LogP contribution in [0.3, 0.4) is 0 Å². The Morgan fingerprint density at radius 3 is 2.56 bits per heavy atom. The minimum absolute atomic E-state index is 0.0680. The van der Waals surface area contributed by atoms with Crippen molar-refractivity contribution in [2.45, 2.75) is 72.1 Å². The van der Waals surface area contributed by atoms with Gasteiger partial charge in [-0.1, -0.05) is 6.92 Å². The molecule has 246 valence electrons. The van der Waals surface area contributed by atoms with E-state index < -0.39 is 36.1 Å². The highest BCUT2D eigenvalue weighted by atomic mass is 19.1. The molecule has 0 unspecified atom stereocenters. The number of fused-ring (bicyclic) bond motifs is 3. The second-order valence-corrected chi connectivity index (χ2v) is 12.7. The van der Waals surface area contributed by atoms with E-state index in [1.54, 1.807) is 46.8 Å². The minimum atomic E-state index is -0.712. The maximum absolute atomic E-state index is 16.0. The lowest BCUT2D eigenvalue weighted by Gasteiger charge is -2.42. The molecule has 1 amide bonds. The zero-order valence-electron chi connectivity index (χ0n) is 27.1. The van der Waals surface area contributed by atoms with Gasteiger partial charge in [-0.2, -0.15) is 0 Å². The number of H-pyrrole nitrogens is 1. The maximum Gasteiger partial charge on any atom is 0.410 e. The number of hydrogen-bond donors (Lipinski definition) is 1. The summed E-state index contributed by atoms with van der Waals surface area (Å²) in [5, 5.41) is 0.739. The summed E-state index contributed by atoms with van der Waals surface area (Å²) in [6.07, 6.45) is 0.167. The maximum atomic E-state index is 16.0. The zero-order valence-corrected chi connectivity index (χ0v) is 27.1. The van der Waals surface area contributed by atoms with Gasteiger partial charge in [0.05, 0.1) is 32.3 Å². The number of carbonyl (C=O) groups is 2. The van der Waals surface area contributed by atoms with E-state index in [0.29, 0.717) is 29.8 Å². The van der Waals surface area contributed by atoms with Crippen LogP contribution in [0.25, 0.3) is 10.9 Å². The number of benzene rings is 2. The number of carbonyl (C=O) groups excluding carboxylic acids is 2. The quantitative estimate of drug-likeness (QED) is 0.233. The zero-order chi connectivity index (χ0) is 33.1. The summed E-state index contributed by atoms with van der Waals surface area (Å²) >= 11 is 0. The van der Waals surface area contributed by atoms with Crippen LogP contribution in [0.2, 0.25) is 0 Å². The van der Waals surface area contributed by atoms with Crippen LogP contribution in [0.1, 0.15) is 69.5 Å². The largest absolute Gasteiger partial charge is 0.491 e. The number of aromatic nitrogens is 1. The summed E-state index contributed by atoms with van der Waals surface area (Å²) in [7, 11) is 1.34. The standard InChI is InChI=1S/C34H44F3N3O5/c1-20(32(41)43-7)19-40-21(2)17-25-24-18-23(36)9-11-27(24)38-30(25)31(40)29-22(3)28(12-10-26(29)37)44-16-15-39(14-8-13-35)33(42)45-34(4,5)6/h9-12,18,20-21,31,38H,8,13-17,19H2,1-7H3/t20-,21-,31-/m1/s1. The summed E-state index contributed by atoms with van der Waals surface area (Å²) in [5.74, 6) is -1.26. The number of esters is 1. The number of amides is 1. The van der Waals surface area contributed by atoms with Crippen molar-refractivity contribution >= 4 is 23.0 Å². The Kier molecular flexibility index (Phi) is 10.7. The Hall–Kier alpha value is -3.73. The number of ether oxygens (including phenoxy) is 3. The molecule has 0 fully saturated rings. The van der Waals surface area contributed by atoms with E-state index in [1.165, 1.54) is 30.2 Å². The number of nitrogens with zero attached hydrogens (tertiary/aromatic N) is 2. The topological polar surface area (TPSA) is 84.1 Å².